The van der Waals surface area contributed by atoms with Crippen LogP contribution in [0.25, 0.3) is 11.3 Å². The maximum Gasteiger partial charge on any atom is 0.228 e. The van der Waals surface area contributed by atoms with Crippen LogP contribution in [0.5, 0.6) is 0 Å². The Labute approximate surface area is 153 Å². The molecule has 0 unspecified atom stereocenters. The first-order chi connectivity index (χ1) is 12.4. The Hall–Kier alpha value is -2.28. The number of hydrogen-bond donors (Lipinski definition) is 2. The van der Waals surface area contributed by atoms with E-state index in [2.05, 4.69) is 38.9 Å². The molecule has 1 aliphatic carbocycles. The Balaban J connectivity index is 1.52. The number of hydrogen-bond acceptors (Lipinski definition) is 5. The predicted octanol–water partition coefficient (Wildman–Crippen LogP) is 2.38. The monoisotopic (exact) mass is 354 g/mol. The van der Waals surface area contributed by atoms with Crippen LogP contribution in [0.1, 0.15) is 45.2 Å². The van der Waals surface area contributed by atoms with Gasteiger partial charge in [0, 0.05) is 35.8 Å². The molecule has 3 N–H and O–H groups in total. The molecule has 0 aromatic carbocycles. The number of nitrogens with one attached hydrogen (secondary N) is 1. The molecule has 0 radical (unpaired) electrons. The van der Waals surface area contributed by atoms with Crippen LogP contribution < -0.4 is 11.1 Å². The molecule has 1 amide bonds. The summed E-state index contributed by atoms with van der Waals surface area (Å²) in [5.74, 6) is 0.515. The van der Waals surface area contributed by atoms with Crippen molar-refractivity contribution < 1.29 is 4.79 Å². The first-order valence-electron chi connectivity index (χ1n) is 9.35. The summed E-state index contributed by atoms with van der Waals surface area (Å²) in [5.41, 5.74) is 9.23. The van der Waals surface area contributed by atoms with Crippen molar-refractivity contribution in [1.29, 1.82) is 0 Å². The van der Waals surface area contributed by atoms with Gasteiger partial charge < -0.3 is 11.1 Å². The molecule has 7 heteroatoms. The Morgan fingerprint density at radius 3 is 3.00 bits per heavy atom. The second-order valence-corrected chi connectivity index (χ2v) is 8.40. The molecule has 0 bridgehead atoms. The van der Waals surface area contributed by atoms with Crippen molar-refractivity contribution in [3.8, 4) is 11.3 Å². The number of aromatic nitrogens is 4. The minimum absolute atomic E-state index is 0.00571. The van der Waals surface area contributed by atoms with Gasteiger partial charge in [-0.2, -0.15) is 5.10 Å². The van der Waals surface area contributed by atoms with Crippen molar-refractivity contribution in [2.24, 2.45) is 17.1 Å². The average molecular weight is 354 g/mol. The van der Waals surface area contributed by atoms with Crippen LogP contribution in [0.15, 0.2) is 18.6 Å². The number of carbonyl (C=O) groups is 1. The van der Waals surface area contributed by atoms with Crippen LogP contribution in [-0.2, 0) is 17.8 Å². The second kappa shape index (κ2) is 6.46. The Morgan fingerprint density at radius 2 is 2.19 bits per heavy atom. The van der Waals surface area contributed by atoms with Gasteiger partial charge in [0.15, 0.2) is 0 Å². The quantitative estimate of drug-likeness (QED) is 0.882. The minimum atomic E-state index is -0.0293. The first kappa shape index (κ1) is 17.1. The summed E-state index contributed by atoms with van der Waals surface area (Å²) in [6, 6.07) is 1.96. The molecular formula is C19H26N6O. The third-order valence-corrected chi connectivity index (χ3v) is 5.45. The van der Waals surface area contributed by atoms with Crippen molar-refractivity contribution in [3.05, 3.63) is 24.3 Å². The molecule has 2 aromatic heterocycles. The molecule has 3 heterocycles. The topological polar surface area (TPSA) is 98.7 Å². The molecule has 2 aromatic rings. The molecule has 1 aliphatic heterocycles. The molecule has 4 rings (SSSR count). The van der Waals surface area contributed by atoms with Crippen LogP contribution in [0.2, 0.25) is 0 Å². The SMILES string of the molecule is CC1(C)Cc2c(-c3cc(NC(=O)[C@H]4CCC[C@@H](N)C4)ncn3)cnn2C1. The van der Waals surface area contributed by atoms with Crippen LogP contribution in [-0.4, -0.2) is 31.7 Å². The van der Waals surface area contributed by atoms with Gasteiger partial charge in [0.1, 0.15) is 12.1 Å². The maximum absolute atomic E-state index is 12.5. The number of anilines is 1. The van der Waals surface area contributed by atoms with Gasteiger partial charge in [-0.1, -0.05) is 20.3 Å². The number of amides is 1. The summed E-state index contributed by atoms with van der Waals surface area (Å²) in [7, 11) is 0. The zero-order chi connectivity index (χ0) is 18.3. The van der Waals surface area contributed by atoms with Gasteiger partial charge in [-0.3, -0.25) is 9.48 Å². The highest BCUT2D eigenvalue weighted by Gasteiger charge is 2.32. The predicted molar refractivity (Wildman–Crippen MR) is 99.3 cm³/mol. The lowest BCUT2D eigenvalue weighted by atomic mass is 9.85. The molecule has 0 saturated heterocycles. The van der Waals surface area contributed by atoms with E-state index in [1.165, 1.54) is 12.0 Å². The summed E-state index contributed by atoms with van der Waals surface area (Å²) >= 11 is 0. The van der Waals surface area contributed by atoms with Crippen LogP contribution in [0.3, 0.4) is 0 Å². The van der Waals surface area contributed by atoms with Gasteiger partial charge in [-0.25, -0.2) is 9.97 Å². The normalized spacial score (nSPS) is 24.3. The Morgan fingerprint density at radius 1 is 1.35 bits per heavy atom. The van der Waals surface area contributed by atoms with Gasteiger partial charge in [-0.05, 0) is 31.1 Å². The first-order valence-corrected chi connectivity index (χ1v) is 9.35. The molecule has 1 saturated carbocycles. The van der Waals surface area contributed by atoms with Crippen molar-refractivity contribution in [1.82, 2.24) is 19.7 Å². The zero-order valence-electron chi connectivity index (χ0n) is 15.4. The van der Waals surface area contributed by atoms with E-state index in [-0.39, 0.29) is 23.3 Å². The van der Waals surface area contributed by atoms with E-state index in [1.54, 1.807) is 0 Å². The molecule has 26 heavy (non-hydrogen) atoms. The molecule has 7 nitrogen and oxygen atoms in total. The van der Waals surface area contributed by atoms with Gasteiger partial charge in [0.2, 0.25) is 5.91 Å². The van der Waals surface area contributed by atoms with E-state index < -0.39 is 0 Å². The minimum Gasteiger partial charge on any atom is -0.328 e. The van der Waals surface area contributed by atoms with E-state index in [4.69, 9.17) is 5.73 Å². The lowest BCUT2D eigenvalue weighted by Gasteiger charge is -2.25. The van der Waals surface area contributed by atoms with Crippen LogP contribution in [0, 0.1) is 11.3 Å². The molecule has 0 spiro atoms. The largest absolute Gasteiger partial charge is 0.328 e. The van der Waals surface area contributed by atoms with Gasteiger partial charge >= 0.3 is 0 Å². The van der Waals surface area contributed by atoms with Crippen molar-refractivity contribution in [2.75, 3.05) is 5.32 Å². The lowest BCUT2D eigenvalue weighted by Crippen LogP contribution is -2.34. The highest BCUT2D eigenvalue weighted by molar-refractivity contribution is 5.92. The van der Waals surface area contributed by atoms with E-state index in [1.807, 2.05) is 12.3 Å². The van der Waals surface area contributed by atoms with Crippen LogP contribution in [0.4, 0.5) is 5.82 Å². The molecule has 138 valence electrons. The maximum atomic E-state index is 12.5. The van der Waals surface area contributed by atoms with Crippen molar-refractivity contribution >= 4 is 11.7 Å². The zero-order valence-corrected chi connectivity index (χ0v) is 15.4. The summed E-state index contributed by atoms with van der Waals surface area (Å²) in [6.45, 7) is 5.40. The summed E-state index contributed by atoms with van der Waals surface area (Å²) < 4.78 is 2.05. The fourth-order valence-corrected chi connectivity index (χ4v) is 4.13. The Kier molecular flexibility index (Phi) is 4.26. The van der Waals surface area contributed by atoms with E-state index in [0.29, 0.717) is 5.82 Å². The second-order valence-electron chi connectivity index (χ2n) is 8.40. The molecule has 1 fully saturated rings. The summed E-state index contributed by atoms with van der Waals surface area (Å²) in [6.07, 6.45) is 7.98. The average Bonchev–Trinajstić information content (AvgIpc) is 3.10. The highest BCUT2D eigenvalue weighted by atomic mass is 16.1. The number of fused-ring (bicyclic) bond motifs is 1. The van der Waals surface area contributed by atoms with Gasteiger partial charge in [0.25, 0.3) is 0 Å². The van der Waals surface area contributed by atoms with Crippen LogP contribution >= 0.6 is 0 Å². The Bertz CT molecular complexity index is 827. The lowest BCUT2D eigenvalue weighted by molar-refractivity contribution is -0.120. The standard InChI is InChI=1S/C19H26N6O/c1-19(2)8-16-14(9-23-25(16)10-19)15-7-17(22-11-21-15)24-18(26)12-4-3-5-13(20)6-12/h7,9,11-13H,3-6,8,10,20H2,1-2H3,(H,21,22,24,26)/t12-,13+/m0/s1. The summed E-state index contributed by atoms with van der Waals surface area (Å²) in [5, 5.41) is 7.44. The third-order valence-electron chi connectivity index (χ3n) is 5.45. The van der Waals surface area contributed by atoms with Crippen molar-refractivity contribution in [3.63, 3.8) is 0 Å². The van der Waals surface area contributed by atoms with Crippen molar-refractivity contribution in [2.45, 2.75) is 58.5 Å². The fourth-order valence-electron chi connectivity index (χ4n) is 4.13. The number of carbonyl (C=O) groups excluding carboxylic acids is 1. The third kappa shape index (κ3) is 3.35. The molecule has 2 atom stereocenters. The van der Waals surface area contributed by atoms with E-state index in [0.717, 1.165) is 49.9 Å². The number of rotatable bonds is 3. The van der Waals surface area contributed by atoms with E-state index >= 15 is 0 Å². The van der Waals surface area contributed by atoms with Gasteiger partial charge in [-0.15, -0.1) is 0 Å². The fraction of sp³-hybridized carbons (Fsp3) is 0.579. The number of nitrogens with two attached hydrogens (primary N) is 1. The number of nitrogens with zero attached hydrogens (tertiary/aromatic N) is 4. The summed E-state index contributed by atoms with van der Waals surface area (Å²) in [4.78, 5) is 21.2. The van der Waals surface area contributed by atoms with E-state index in [9.17, 15) is 4.79 Å². The smallest absolute Gasteiger partial charge is 0.228 e. The molecular weight excluding hydrogens is 328 g/mol. The van der Waals surface area contributed by atoms with Gasteiger partial charge in [0.05, 0.1) is 11.9 Å². The molecule has 2 aliphatic rings. The highest BCUT2D eigenvalue weighted by Crippen LogP contribution is 2.36.